The number of rotatable bonds is 18. The molecule has 4 N–H and O–H groups in total. The molecule has 0 radical (unpaired) electrons. The number of benzene rings is 3. The van der Waals surface area contributed by atoms with Gasteiger partial charge in [-0.05, 0) is 71.2 Å². The van der Waals surface area contributed by atoms with Crippen LogP contribution in [0.5, 0.6) is 34.5 Å². The Labute approximate surface area is 263 Å². The molecule has 2 atom stereocenters. The molecular weight excluding hydrogens is 552 g/mol. The Bertz CT molecular complexity index is 1210. The van der Waals surface area contributed by atoms with Crippen LogP contribution in [0, 0.1) is 11.8 Å². The van der Waals surface area contributed by atoms with Gasteiger partial charge in [0.2, 0.25) is 11.5 Å². The van der Waals surface area contributed by atoms with E-state index < -0.39 is 0 Å². The Kier molecular flexibility index (Phi) is 14.0. The minimum Gasteiger partial charge on any atom is -0.504 e. The molecule has 0 fully saturated rings. The number of hydrogen-bond donors (Lipinski definition) is 4. The second kappa shape index (κ2) is 17.9. The Hall–Kier alpha value is -4.06. The lowest BCUT2D eigenvalue weighted by Gasteiger charge is -2.17. The average Bonchev–Trinajstić information content (AvgIpc) is 3.01. The van der Waals surface area contributed by atoms with Crippen molar-refractivity contribution in [3.05, 3.63) is 70.8 Å². The van der Waals surface area contributed by atoms with E-state index in [0.29, 0.717) is 36.2 Å². The van der Waals surface area contributed by atoms with E-state index in [2.05, 4.69) is 27.7 Å². The van der Waals surface area contributed by atoms with Crippen LogP contribution in [0.2, 0.25) is 0 Å². The molecule has 3 aromatic rings. The first-order valence-electron chi connectivity index (χ1n) is 16.1. The summed E-state index contributed by atoms with van der Waals surface area (Å²) in [6.45, 7) is 9.52. The third-order valence-corrected chi connectivity index (χ3v) is 8.03. The number of hydrogen-bond acceptors (Lipinski definition) is 6. The molecular formula is C38H50O6. The molecule has 44 heavy (non-hydrogen) atoms. The highest BCUT2D eigenvalue weighted by molar-refractivity contribution is 5.75. The van der Waals surface area contributed by atoms with E-state index in [1.165, 1.54) is 0 Å². The Morgan fingerprint density at radius 1 is 0.523 bits per heavy atom. The molecule has 0 saturated carbocycles. The van der Waals surface area contributed by atoms with Gasteiger partial charge in [0.1, 0.15) is 0 Å². The minimum absolute atomic E-state index is 0.0794. The van der Waals surface area contributed by atoms with Crippen molar-refractivity contribution in [3.63, 3.8) is 0 Å². The van der Waals surface area contributed by atoms with Gasteiger partial charge in [0, 0.05) is 0 Å². The fraction of sp³-hybridized carbons (Fsp3) is 0.421. The SMILES string of the molecule is CCCCC(CC)COc1c(O)cc(/C=C/c2ccc(/C=C/c3cc(O)c(OCC(CC)CCCC)c(O)c3)cc2)cc1O. The van der Waals surface area contributed by atoms with Crippen LogP contribution >= 0.6 is 0 Å². The van der Waals surface area contributed by atoms with Crippen molar-refractivity contribution in [1.29, 1.82) is 0 Å². The number of aromatic hydroxyl groups is 4. The predicted molar refractivity (Wildman–Crippen MR) is 181 cm³/mol. The Balaban J connectivity index is 1.60. The first-order chi connectivity index (χ1) is 21.3. The van der Waals surface area contributed by atoms with Gasteiger partial charge in [-0.2, -0.15) is 0 Å². The highest BCUT2D eigenvalue weighted by Gasteiger charge is 2.15. The summed E-state index contributed by atoms with van der Waals surface area (Å²) in [4.78, 5) is 0. The number of phenols is 4. The largest absolute Gasteiger partial charge is 0.504 e. The third-order valence-electron chi connectivity index (χ3n) is 8.03. The first-order valence-corrected chi connectivity index (χ1v) is 16.1. The Morgan fingerprint density at radius 2 is 0.841 bits per heavy atom. The number of unbranched alkanes of at least 4 members (excludes halogenated alkanes) is 2. The van der Waals surface area contributed by atoms with Crippen LogP contribution in [0.3, 0.4) is 0 Å². The summed E-state index contributed by atoms with van der Waals surface area (Å²) >= 11 is 0. The fourth-order valence-corrected chi connectivity index (χ4v) is 5.03. The van der Waals surface area contributed by atoms with Gasteiger partial charge in [-0.15, -0.1) is 0 Å². The van der Waals surface area contributed by atoms with Gasteiger partial charge in [0.05, 0.1) is 13.2 Å². The zero-order chi connectivity index (χ0) is 31.9. The summed E-state index contributed by atoms with van der Waals surface area (Å²) < 4.78 is 11.6. The van der Waals surface area contributed by atoms with Crippen molar-refractivity contribution >= 4 is 24.3 Å². The van der Waals surface area contributed by atoms with Crippen molar-refractivity contribution < 1.29 is 29.9 Å². The maximum absolute atomic E-state index is 10.5. The van der Waals surface area contributed by atoms with Gasteiger partial charge < -0.3 is 29.9 Å². The molecule has 0 spiro atoms. The van der Waals surface area contributed by atoms with E-state index in [4.69, 9.17) is 9.47 Å². The maximum Gasteiger partial charge on any atom is 0.203 e. The monoisotopic (exact) mass is 602 g/mol. The van der Waals surface area contributed by atoms with Gasteiger partial charge in [0.25, 0.3) is 0 Å². The van der Waals surface area contributed by atoms with E-state index in [1.807, 2.05) is 48.6 Å². The lowest BCUT2D eigenvalue weighted by molar-refractivity contribution is 0.217. The summed E-state index contributed by atoms with van der Waals surface area (Å²) in [6, 6.07) is 14.2. The average molecular weight is 603 g/mol. The standard InChI is InChI=1S/C38H50O6/c1-5-9-11-27(7-3)25-43-37-33(39)21-31(22-34(37)40)19-17-29-13-15-30(16-14-29)18-20-32-23-35(41)38(36(42)24-32)44-26-28(8-4)12-10-6-2/h13-24,27-28,39-42H,5-12,25-26H2,1-4H3/b19-17+,20-18+. The van der Waals surface area contributed by atoms with E-state index in [1.54, 1.807) is 24.3 Å². The van der Waals surface area contributed by atoms with Crippen LogP contribution in [0.25, 0.3) is 24.3 Å². The minimum atomic E-state index is -0.0794. The highest BCUT2D eigenvalue weighted by Crippen LogP contribution is 2.39. The maximum atomic E-state index is 10.5. The lowest BCUT2D eigenvalue weighted by Crippen LogP contribution is -2.11. The van der Waals surface area contributed by atoms with Crippen molar-refractivity contribution in [2.24, 2.45) is 11.8 Å². The van der Waals surface area contributed by atoms with Gasteiger partial charge in [0.15, 0.2) is 23.0 Å². The molecule has 0 heterocycles. The van der Waals surface area contributed by atoms with Crippen LogP contribution in [-0.2, 0) is 0 Å². The molecule has 0 saturated heterocycles. The number of ether oxygens (including phenoxy) is 2. The molecule has 0 aromatic heterocycles. The van der Waals surface area contributed by atoms with E-state index >= 15 is 0 Å². The molecule has 6 heteroatoms. The van der Waals surface area contributed by atoms with Crippen LogP contribution in [-0.4, -0.2) is 33.6 Å². The van der Waals surface area contributed by atoms with Crippen LogP contribution in [0.15, 0.2) is 48.5 Å². The molecule has 6 nitrogen and oxygen atoms in total. The molecule has 0 aliphatic carbocycles. The van der Waals surface area contributed by atoms with Gasteiger partial charge in [-0.3, -0.25) is 0 Å². The van der Waals surface area contributed by atoms with Crippen molar-refractivity contribution in [2.75, 3.05) is 13.2 Å². The van der Waals surface area contributed by atoms with Crippen molar-refractivity contribution in [3.8, 4) is 34.5 Å². The summed E-state index contributed by atoms with van der Waals surface area (Å²) in [6.07, 6.45) is 16.1. The zero-order valence-electron chi connectivity index (χ0n) is 26.8. The summed E-state index contributed by atoms with van der Waals surface area (Å²) in [5, 5.41) is 42.0. The van der Waals surface area contributed by atoms with Crippen molar-refractivity contribution in [1.82, 2.24) is 0 Å². The van der Waals surface area contributed by atoms with E-state index in [-0.39, 0.29) is 34.5 Å². The quantitative estimate of drug-likeness (QED) is 0.108. The lowest BCUT2D eigenvalue weighted by atomic mass is 10.0. The molecule has 3 aromatic carbocycles. The molecule has 0 aliphatic rings. The van der Waals surface area contributed by atoms with E-state index in [0.717, 1.165) is 62.5 Å². The van der Waals surface area contributed by atoms with Crippen LogP contribution in [0.4, 0.5) is 0 Å². The smallest absolute Gasteiger partial charge is 0.203 e. The van der Waals surface area contributed by atoms with E-state index in [9.17, 15) is 20.4 Å². The van der Waals surface area contributed by atoms with Crippen LogP contribution < -0.4 is 9.47 Å². The first kappa shape index (κ1) is 34.4. The summed E-state index contributed by atoms with van der Waals surface area (Å²) in [7, 11) is 0. The highest BCUT2D eigenvalue weighted by atomic mass is 16.5. The zero-order valence-corrected chi connectivity index (χ0v) is 26.8. The predicted octanol–water partition coefficient (Wildman–Crippen LogP) is 10.0. The third kappa shape index (κ3) is 10.6. The van der Waals surface area contributed by atoms with Gasteiger partial charge in [-0.25, -0.2) is 0 Å². The topological polar surface area (TPSA) is 99.4 Å². The Morgan fingerprint density at radius 3 is 1.14 bits per heavy atom. The normalized spacial score (nSPS) is 13.0. The van der Waals surface area contributed by atoms with Gasteiger partial charge in [-0.1, -0.05) is 115 Å². The molecule has 0 amide bonds. The summed E-state index contributed by atoms with van der Waals surface area (Å²) in [5.74, 6) is 0.727. The van der Waals surface area contributed by atoms with Crippen molar-refractivity contribution in [2.45, 2.75) is 79.1 Å². The molecule has 0 aliphatic heterocycles. The second-order valence-corrected chi connectivity index (χ2v) is 11.6. The molecule has 0 bridgehead atoms. The molecule has 238 valence electrons. The summed E-state index contributed by atoms with van der Waals surface area (Å²) in [5.41, 5.74) is 3.22. The van der Waals surface area contributed by atoms with Crippen LogP contribution in [0.1, 0.15) is 101 Å². The number of phenolic OH excluding ortho intramolecular Hbond substituents is 4. The molecule has 2 unspecified atom stereocenters. The second-order valence-electron chi connectivity index (χ2n) is 11.6. The fourth-order valence-electron chi connectivity index (χ4n) is 5.03. The molecule has 3 rings (SSSR count). The van der Waals surface area contributed by atoms with Gasteiger partial charge >= 0.3 is 0 Å².